The smallest absolute Gasteiger partial charge is 0.166 e. The number of anilines is 1. The maximum atomic E-state index is 12.0. The van der Waals surface area contributed by atoms with Crippen LogP contribution >= 0.6 is 0 Å². The molecule has 1 unspecified atom stereocenters. The van der Waals surface area contributed by atoms with Gasteiger partial charge < -0.3 is 15.1 Å². The molecule has 0 aliphatic carbocycles. The molecule has 2 saturated heterocycles. The molecule has 0 radical (unpaired) electrons. The first kappa shape index (κ1) is 17.4. The van der Waals surface area contributed by atoms with Gasteiger partial charge in [0.2, 0.25) is 0 Å². The molecule has 5 heteroatoms. The Balaban J connectivity index is 1.49. The van der Waals surface area contributed by atoms with Crippen molar-refractivity contribution >= 4 is 11.6 Å². The molecule has 1 aromatic heterocycles. The summed E-state index contributed by atoms with van der Waals surface area (Å²) in [6.45, 7) is 11.9. The highest BCUT2D eigenvalue weighted by Crippen LogP contribution is 2.25. The second-order valence-corrected chi connectivity index (χ2v) is 7.41. The van der Waals surface area contributed by atoms with E-state index in [1.807, 2.05) is 26.0 Å². The fraction of sp³-hybridized carbons (Fsp3) is 0.684. The van der Waals surface area contributed by atoms with Gasteiger partial charge in [-0.3, -0.25) is 4.79 Å². The van der Waals surface area contributed by atoms with Crippen LogP contribution in [0, 0.1) is 11.8 Å². The molecule has 1 N–H and O–H groups in total. The van der Waals surface area contributed by atoms with Crippen LogP contribution in [0.1, 0.15) is 37.0 Å². The largest absolute Gasteiger partial charge is 0.356 e. The van der Waals surface area contributed by atoms with E-state index in [-0.39, 0.29) is 11.7 Å². The molecule has 0 spiro atoms. The third-order valence-electron chi connectivity index (χ3n) is 5.23. The van der Waals surface area contributed by atoms with Crippen molar-refractivity contribution in [1.82, 2.24) is 15.2 Å². The predicted molar refractivity (Wildman–Crippen MR) is 97.7 cm³/mol. The number of rotatable bonds is 6. The van der Waals surface area contributed by atoms with E-state index in [0.717, 1.165) is 43.5 Å². The third-order valence-corrected chi connectivity index (χ3v) is 5.23. The van der Waals surface area contributed by atoms with Crippen molar-refractivity contribution in [3.63, 3.8) is 0 Å². The number of Topliss-reactive ketones (excluding diaryl/α,β-unsaturated/α-hetero) is 1. The Morgan fingerprint density at radius 3 is 2.75 bits per heavy atom. The number of hydrogen-bond acceptors (Lipinski definition) is 5. The van der Waals surface area contributed by atoms with Gasteiger partial charge in [-0.2, -0.15) is 0 Å². The average molecular weight is 330 g/mol. The van der Waals surface area contributed by atoms with Crippen LogP contribution < -0.4 is 10.2 Å². The van der Waals surface area contributed by atoms with Gasteiger partial charge in [0, 0.05) is 56.9 Å². The zero-order valence-corrected chi connectivity index (χ0v) is 15.0. The maximum absolute atomic E-state index is 12.0. The Kier molecular flexibility index (Phi) is 5.85. The minimum atomic E-state index is 0.0267. The number of piperazine rings is 1. The number of hydrogen-bond donors (Lipinski definition) is 1. The summed E-state index contributed by atoms with van der Waals surface area (Å²) in [5, 5.41) is 3.41. The van der Waals surface area contributed by atoms with Crippen molar-refractivity contribution < 1.29 is 4.79 Å². The molecule has 2 aliphatic rings. The van der Waals surface area contributed by atoms with E-state index in [2.05, 4.69) is 20.1 Å². The van der Waals surface area contributed by atoms with Crippen LogP contribution in [0.2, 0.25) is 0 Å². The summed E-state index contributed by atoms with van der Waals surface area (Å²) in [4.78, 5) is 21.5. The first-order chi connectivity index (χ1) is 11.6. The second kappa shape index (κ2) is 8.08. The molecular formula is C19H30N4O. The lowest BCUT2D eigenvalue weighted by molar-refractivity contribution is 0.0939. The first-order valence-electron chi connectivity index (χ1n) is 9.32. The molecule has 5 nitrogen and oxygen atoms in total. The Morgan fingerprint density at radius 1 is 1.29 bits per heavy atom. The lowest BCUT2D eigenvalue weighted by atomic mass is 10.0. The number of carbonyl (C=O) groups is 1. The highest BCUT2D eigenvalue weighted by molar-refractivity contribution is 5.97. The summed E-state index contributed by atoms with van der Waals surface area (Å²) in [5.74, 6) is 1.97. The lowest BCUT2D eigenvalue weighted by Crippen LogP contribution is -2.44. The van der Waals surface area contributed by atoms with Crippen molar-refractivity contribution in [1.29, 1.82) is 0 Å². The summed E-state index contributed by atoms with van der Waals surface area (Å²) in [6, 6.07) is 3.94. The van der Waals surface area contributed by atoms with E-state index in [4.69, 9.17) is 0 Å². The zero-order valence-electron chi connectivity index (χ0n) is 15.0. The molecule has 1 aromatic rings. The van der Waals surface area contributed by atoms with E-state index in [1.54, 1.807) is 6.20 Å². The molecule has 1 atom stereocenters. The van der Waals surface area contributed by atoms with Crippen molar-refractivity contribution in [3.8, 4) is 0 Å². The summed E-state index contributed by atoms with van der Waals surface area (Å²) in [5.41, 5.74) is 0.725. The Hall–Kier alpha value is -1.46. The van der Waals surface area contributed by atoms with E-state index < -0.39 is 0 Å². The van der Waals surface area contributed by atoms with E-state index in [1.165, 1.54) is 32.5 Å². The van der Waals surface area contributed by atoms with Crippen LogP contribution in [-0.4, -0.2) is 61.5 Å². The number of ketones is 1. The average Bonchev–Trinajstić information content (AvgIpc) is 3.09. The number of nitrogens with zero attached hydrogens (tertiary/aromatic N) is 3. The minimum absolute atomic E-state index is 0.0267. The number of carbonyl (C=O) groups excluding carboxylic acids is 1. The highest BCUT2D eigenvalue weighted by atomic mass is 16.1. The van der Waals surface area contributed by atoms with Gasteiger partial charge in [-0.05, 0) is 37.4 Å². The molecule has 0 bridgehead atoms. The minimum Gasteiger partial charge on any atom is -0.356 e. The highest BCUT2D eigenvalue weighted by Gasteiger charge is 2.24. The van der Waals surface area contributed by atoms with Crippen molar-refractivity contribution in [2.45, 2.75) is 26.7 Å². The number of nitrogens with one attached hydrogen (secondary N) is 1. The normalized spacial score (nSPS) is 22.3. The van der Waals surface area contributed by atoms with Crippen molar-refractivity contribution in [3.05, 3.63) is 23.9 Å². The number of pyridine rings is 1. The van der Waals surface area contributed by atoms with Gasteiger partial charge in [0.05, 0.1) is 0 Å². The summed E-state index contributed by atoms with van der Waals surface area (Å²) in [6.07, 6.45) is 4.27. The van der Waals surface area contributed by atoms with E-state index in [0.29, 0.717) is 0 Å². The predicted octanol–water partition coefficient (Wildman–Crippen LogP) is 2.04. The topological polar surface area (TPSA) is 48.5 Å². The molecule has 2 aliphatic heterocycles. The fourth-order valence-corrected chi connectivity index (χ4v) is 3.63. The SMILES string of the molecule is CC(C)C(=O)c1ccc(N2CCC(CCN3CCNCC3)C2)nc1. The van der Waals surface area contributed by atoms with E-state index in [9.17, 15) is 4.79 Å². The Labute approximate surface area is 145 Å². The van der Waals surface area contributed by atoms with Gasteiger partial charge in [-0.15, -0.1) is 0 Å². The monoisotopic (exact) mass is 330 g/mol. The summed E-state index contributed by atoms with van der Waals surface area (Å²) < 4.78 is 0. The molecule has 24 heavy (non-hydrogen) atoms. The standard InChI is InChI=1S/C19H30N4O/c1-15(2)19(24)17-3-4-18(21-13-17)23-10-6-16(14-23)5-9-22-11-7-20-8-12-22/h3-4,13,15-16,20H,5-12,14H2,1-2H3. The summed E-state index contributed by atoms with van der Waals surface area (Å²) >= 11 is 0. The summed E-state index contributed by atoms with van der Waals surface area (Å²) in [7, 11) is 0. The molecule has 2 fully saturated rings. The molecule has 0 amide bonds. The van der Waals surface area contributed by atoms with Gasteiger partial charge in [0.15, 0.2) is 5.78 Å². The van der Waals surface area contributed by atoms with Crippen molar-refractivity contribution in [2.24, 2.45) is 11.8 Å². The van der Waals surface area contributed by atoms with Crippen molar-refractivity contribution in [2.75, 3.05) is 50.7 Å². The molecule has 0 saturated carbocycles. The fourth-order valence-electron chi connectivity index (χ4n) is 3.63. The van der Waals surface area contributed by atoms with E-state index >= 15 is 0 Å². The van der Waals surface area contributed by atoms with Crippen LogP contribution in [-0.2, 0) is 0 Å². The van der Waals surface area contributed by atoms with Gasteiger partial charge in [-0.1, -0.05) is 13.8 Å². The first-order valence-corrected chi connectivity index (χ1v) is 9.32. The Morgan fingerprint density at radius 2 is 2.08 bits per heavy atom. The quantitative estimate of drug-likeness (QED) is 0.809. The second-order valence-electron chi connectivity index (χ2n) is 7.41. The molecule has 3 heterocycles. The maximum Gasteiger partial charge on any atom is 0.166 e. The zero-order chi connectivity index (χ0) is 16.9. The van der Waals surface area contributed by atoms with Crippen LogP contribution in [0.15, 0.2) is 18.3 Å². The van der Waals surface area contributed by atoms with Gasteiger partial charge >= 0.3 is 0 Å². The Bertz CT molecular complexity index is 537. The van der Waals surface area contributed by atoms with Gasteiger partial charge in [-0.25, -0.2) is 4.98 Å². The number of aromatic nitrogens is 1. The molecular weight excluding hydrogens is 300 g/mol. The molecule has 0 aromatic carbocycles. The van der Waals surface area contributed by atoms with Crippen LogP contribution in [0.3, 0.4) is 0 Å². The van der Waals surface area contributed by atoms with Gasteiger partial charge in [0.25, 0.3) is 0 Å². The lowest BCUT2D eigenvalue weighted by Gasteiger charge is -2.28. The van der Waals surface area contributed by atoms with Crippen LogP contribution in [0.25, 0.3) is 0 Å². The molecule has 3 rings (SSSR count). The molecule has 132 valence electrons. The third kappa shape index (κ3) is 4.33. The van der Waals surface area contributed by atoms with Crippen LogP contribution in [0.4, 0.5) is 5.82 Å². The van der Waals surface area contributed by atoms with Gasteiger partial charge in [0.1, 0.15) is 5.82 Å². The van der Waals surface area contributed by atoms with Crippen LogP contribution in [0.5, 0.6) is 0 Å².